The van der Waals surface area contributed by atoms with Crippen LogP contribution in [0.15, 0.2) is 206 Å². The summed E-state index contributed by atoms with van der Waals surface area (Å²) in [7, 11) is 0. The predicted molar refractivity (Wildman–Crippen MR) is 254 cm³/mol. The predicted octanol–water partition coefficient (Wildman–Crippen LogP) is 16.3. The van der Waals surface area contributed by atoms with Crippen molar-refractivity contribution in [2.24, 2.45) is 0 Å². The van der Waals surface area contributed by atoms with E-state index in [1.807, 2.05) is 6.07 Å². The number of fused-ring (bicyclic) bond motifs is 3. The first-order chi connectivity index (χ1) is 30.2. The monoisotopic (exact) mass is 804 g/mol. The van der Waals surface area contributed by atoms with Gasteiger partial charge in [-0.3, -0.25) is 0 Å². The molecule has 0 amide bonds. The van der Waals surface area contributed by atoms with E-state index in [0.29, 0.717) is 5.56 Å². The molecule has 0 aliphatic heterocycles. The first kappa shape index (κ1) is 39.0. The topological polar surface area (TPSA) is 0 Å². The summed E-state index contributed by atoms with van der Waals surface area (Å²) in [6.07, 6.45) is 0.756. The largest absolute Gasteiger partial charge is 0.207 e. The fourth-order valence-electron chi connectivity index (χ4n) is 9.71. The Bertz CT molecular complexity index is 2930. The minimum absolute atomic E-state index is 0.0324. The first-order valence-corrected chi connectivity index (χ1v) is 21.5. The van der Waals surface area contributed by atoms with Crippen molar-refractivity contribution in [1.29, 1.82) is 0 Å². The Morgan fingerprint density at radius 2 is 0.823 bits per heavy atom. The smallest absolute Gasteiger partial charge is 0.129 e. The van der Waals surface area contributed by atoms with Gasteiger partial charge in [0.05, 0.1) is 0 Å². The van der Waals surface area contributed by atoms with E-state index in [0.717, 1.165) is 45.4 Å². The highest BCUT2D eigenvalue weighted by molar-refractivity contribution is 5.98. The van der Waals surface area contributed by atoms with E-state index in [1.54, 1.807) is 0 Å². The van der Waals surface area contributed by atoms with Gasteiger partial charge in [0.2, 0.25) is 0 Å². The quantitative estimate of drug-likeness (QED) is 0.136. The SMILES string of the molecule is Cc1c(F)cc(-c2ccc(-c3ccccc3)c3c2C(C)(C)c2cc(CC(c4ccc(-c5ccccc5)cc4)c4ccc(-c5ccccc5)cc4)c(-c4ccccc4)cc2-3)cc1F. The van der Waals surface area contributed by atoms with Crippen LogP contribution < -0.4 is 0 Å². The number of halogens is 2. The van der Waals surface area contributed by atoms with Gasteiger partial charge in [-0.1, -0.05) is 202 Å². The van der Waals surface area contributed by atoms with Crippen molar-refractivity contribution in [3.8, 4) is 66.8 Å². The van der Waals surface area contributed by atoms with Gasteiger partial charge in [0.25, 0.3) is 0 Å². The number of benzene rings is 9. The van der Waals surface area contributed by atoms with Crippen molar-refractivity contribution >= 4 is 0 Å². The molecule has 9 aromatic carbocycles. The molecule has 0 saturated heterocycles. The summed E-state index contributed by atoms with van der Waals surface area (Å²) in [6.45, 7) is 6.03. The molecule has 10 rings (SSSR count). The molecule has 0 aromatic heterocycles. The van der Waals surface area contributed by atoms with Crippen LogP contribution in [0.4, 0.5) is 8.78 Å². The zero-order chi connectivity index (χ0) is 42.4. The van der Waals surface area contributed by atoms with Crippen molar-refractivity contribution in [2.45, 2.75) is 38.5 Å². The maximum absolute atomic E-state index is 15.3. The second kappa shape index (κ2) is 16.0. The van der Waals surface area contributed by atoms with Crippen molar-refractivity contribution in [1.82, 2.24) is 0 Å². The molecule has 0 atom stereocenters. The molecular weight excluding hydrogens is 759 g/mol. The van der Waals surface area contributed by atoms with Crippen LogP contribution in [-0.2, 0) is 11.8 Å². The van der Waals surface area contributed by atoms with Gasteiger partial charge in [-0.25, -0.2) is 8.78 Å². The summed E-state index contributed by atoms with van der Waals surface area (Å²) in [5, 5.41) is 0. The van der Waals surface area contributed by atoms with Gasteiger partial charge in [-0.05, 0) is 126 Å². The van der Waals surface area contributed by atoms with Crippen LogP contribution >= 0.6 is 0 Å². The normalized spacial score (nSPS) is 12.6. The molecular formula is C60H46F2. The maximum Gasteiger partial charge on any atom is 0.129 e. The van der Waals surface area contributed by atoms with E-state index < -0.39 is 17.0 Å². The van der Waals surface area contributed by atoms with Crippen LogP contribution in [0.5, 0.6) is 0 Å². The lowest BCUT2D eigenvalue weighted by Crippen LogP contribution is -2.17. The fourth-order valence-corrected chi connectivity index (χ4v) is 9.71. The van der Waals surface area contributed by atoms with Crippen molar-refractivity contribution in [2.75, 3.05) is 0 Å². The molecule has 0 bridgehead atoms. The Balaban J connectivity index is 1.17. The zero-order valence-electron chi connectivity index (χ0n) is 35.2. The van der Waals surface area contributed by atoms with Gasteiger partial charge < -0.3 is 0 Å². The molecule has 1 aliphatic carbocycles. The van der Waals surface area contributed by atoms with Gasteiger partial charge in [-0.2, -0.15) is 0 Å². The molecule has 9 aromatic rings. The Kier molecular flexibility index (Phi) is 10.1. The number of hydrogen-bond acceptors (Lipinski definition) is 0. The van der Waals surface area contributed by atoms with Crippen molar-refractivity contribution in [3.63, 3.8) is 0 Å². The van der Waals surface area contributed by atoms with Gasteiger partial charge in [-0.15, -0.1) is 0 Å². The third-order valence-corrected chi connectivity index (χ3v) is 13.0. The van der Waals surface area contributed by atoms with E-state index in [9.17, 15) is 0 Å². The lowest BCUT2D eigenvalue weighted by atomic mass is 9.76. The summed E-state index contributed by atoms with van der Waals surface area (Å²) in [6, 6.07) is 72.5. The molecule has 300 valence electrons. The summed E-state index contributed by atoms with van der Waals surface area (Å²) < 4.78 is 30.7. The van der Waals surface area contributed by atoms with Gasteiger partial charge in [0, 0.05) is 16.9 Å². The summed E-state index contributed by atoms with van der Waals surface area (Å²) >= 11 is 0. The molecule has 0 fully saturated rings. The van der Waals surface area contributed by atoms with Crippen LogP contribution in [0.1, 0.15) is 53.1 Å². The average Bonchev–Trinajstić information content (AvgIpc) is 3.56. The first-order valence-electron chi connectivity index (χ1n) is 21.5. The van der Waals surface area contributed by atoms with Crippen molar-refractivity contribution < 1.29 is 8.78 Å². The van der Waals surface area contributed by atoms with E-state index in [1.165, 1.54) is 69.1 Å². The second-order valence-electron chi connectivity index (χ2n) is 17.1. The lowest BCUT2D eigenvalue weighted by molar-refractivity contribution is 0.569. The fraction of sp³-hybridized carbons (Fsp3) is 0.100. The second-order valence-corrected chi connectivity index (χ2v) is 17.1. The maximum atomic E-state index is 15.3. The third-order valence-electron chi connectivity index (χ3n) is 13.0. The van der Waals surface area contributed by atoms with Gasteiger partial charge in [0.1, 0.15) is 11.6 Å². The van der Waals surface area contributed by atoms with Crippen LogP contribution in [0.25, 0.3) is 66.8 Å². The molecule has 0 unspecified atom stereocenters. The molecule has 62 heavy (non-hydrogen) atoms. The molecule has 0 N–H and O–H groups in total. The van der Waals surface area contributed by atoms with Crippen LogP contribution in [0.3, 0.4) is 0 Å². The molecule has 0 spiro atoms. The summed E-state index contributed by atoms with van der Waals surface area (Å²) in [4.78, 5) is 0. The van der Waals surface area contributed by atoms with Crippen molar-refractivity contribution in [3.05, 3.63) is 251 Å². The highest BCUT2D eigenvalue weighted by atomic mass is 19.1. The average molecular weight is 805 g/mol. The molecule has 1 aliphatic rings. The third kappa shape index (κ3) is 7.06. The number of hydrogen-bond donors (Lipinski definition) is 0. The Morgan fingerprint density at radius 1 is 0.403 bits per heavy atom. The Morgan fingerprint density at radius 3 is 1.31 bits per heavy atom. The summed E-state index contributed by atoms with van der Waals surface area (Å²) in [5.41, 5.74) is 18.5. The Hall–Kier alpha value is -7.16. The minimum Gasteiger partial charge on any atom is -0.207 e. The van der Waals surface area contributed by atoms with E-state index in [-0.39, 0.29) is 11.5 Å². The zero-order valence-corrected chi connectivity index (χ0v) is 35.2. The number of rotatable bonds is 9. The van der Waals surface area contributed by atoms with Gasteiger partial charge in [0.15, 0.2) is 0 Å². The molecule has 0 nitrogen and oxygen atoms in total. The molecule has 0 saturated carbocycles. The Labute approximate surface area is 363 Å². The minimum atomic E-state index is -0.539. The molecule has 2 heteroatoms. The van der Waals surface area contributed by atoms with E-state index in [2.05, 4.69) is 202 Å². The van der Waals surface area contributed by atoms with Crippen LogP contribution in [0.2, 0.25) is 0 Å². The molecule has 0 radical (unpaired) electrons. The van der Waals surface area contributed by atoms with E-state index >= 15 is 8.78 Å². The standard InChI is InChI=1S/C60H46F2/c1-39-56(61)36-49(37-57(39)62)51-33-32-50(44-20-12-6-13-21-44)58-54-38-53(45-22-14-7-15-23-45)48(35-55(54)60(2,3)59(51)58)34-52(46-28-24-42(25-29-46)40-16-8-4-9-17-40)47-30-26-43(27-31-47)41-18-10-5-11-19-41/h4-33,35-38,52H,34H2,1-3H3. The highest BCUT2D eigenvalue weighted by Crippen LogP contribution is 2.57. The van der Waals surface area contributed by atoms with Crippen LogP contribution in [0, 0.1) is 18.6 Å². The van der Waals surface area contributed by atoms with Crippen LogP contribution in [-0.4, -0.2) is 0 Å². The lowest BCUT2D eigenvalue weighted by Gasteiger charge is -2.27. The molecule has 0 heterocycles. The van der Waals surface area contributed by atoms with E-state index in [4.69, 9.17) is 0 Å². The summed E-state index contributed by atoms with van der Waals surface area (Å²) in [5.74, 6) is -1.03. The highest BCUT2D eigenvalue weighted by Gasteiger charge is 2.40. The van der Waals surface area contributed by atoms with Gasteiger partial charge >= 0.3 is 0 Å².